The van der Waals surface area contributed by atoms with Crippen LogP contribution in [0.3, 0.4) is 0 Å². The van der Waals surface area contributed by atoms with Crippen LogP contribution < -0.4 is 14.8 Å². The zero-order chi connectivity index (χ0) is 21.6. The first-order valence-corrected chi connectivity index (χ1v) is 11.9. The van der Waals surface area contributed by atoms with Crippen LogP contribution in [0.5, 0.6) is 11.5 Å². The molecule has 6 rings (SSSR count). The van der Waals surface area contributed by atoms with Gasteiger partial charge in [-0.25, -0.2) is 4.39 Å². The highest BCUT2D eigenvalue weighted by Crippen LogP contribution is 2.55. The molecule has 0 radical (unpaired) electrons. The fraction of sp³-hybridized carbons (Fsp3) is 0.520. The largest absolute Gasteiger partial charge is 0.493 e. The highest BCUT2D eigenvalue weighted by atomic mass is 35.5. The fourth-order valence-electron chi connectivity index (χ4n) is 6.42. The van der Waals surface area contributed by atoms with Crippen molar-refractivity contribution in [2.45, 2.75) is 57.2 Å². The normalized spacial score (nSPS) is 28.7. The van der Waals surface area contributed by atoms with Crippen molar-refractivity contribution in [3.05, 3.63) is 57.3 Å². The summed E-state index contributed by atoms with van der Waals surface area (Å²) in [7, 11) is 1.60. The number of rotatable bonds is 7. The maximum absolute atomic E-state index is 14.1. The van der Waals surface area contributed by atoms with E-state index >= 15 is 0 Å². The number of nitrogens with one attached hydrogen (secondary N) is 1. The standard InChI is InChI=1S/C25H28Cl2FNO2/c1-30-23-8-18(13-29-25-10-15-5-16(11-25)7-17(6-15)12-25)21(27)9-24(23)31-14-19-20(26)3-2-4-22(19)28/h2-4,8-9,15-17,29H,5-7,10-14H2,1H3. The molecule has 31 heavy (non-hydrogen) atoms. The molecule has 1 N–H and O–H groups in total. The van der Waals surface area contributed by atoms with Crippen LogP contribution >= 0.6 is 23.2 Å². The van der Waals surface area contributed by atoms with E-state index in [9.17, 15) is 4.39 Å². The Morgan fingerprint density at radius 2 is 1.68 bits per heavy atom. The van der Waals surface area contributed by atoms with Gasteiger partial charge in [0, 0.05) is 28.7 Å². The summed E-state index contributed by atoms with van der Waals surface area (Å²) in [6, 6.07) is 8.27. The van der Waals surface area contributed by atoms with Gasteiger partial charge in [0.25, 0.3) is 0 Å². The lowest BCUT2D eigenvalue weighted by atomic mass is 9.53. The quantitative estimate of drug-likeness (QED) is 0.490. The van der Waals surface area contributed by atoms with Crippen LogP contribution in [0.15, 0.2) is 30.3 Å². The third kappa shape index (κ3) is 4.27. The van der Waals surface area contributed by atoms with Crippen LogP contribution in [-0.2, 0) is 13.2 Å². The number of hydrogen-bond donors (Lipinski definition) is 1. The van der Waals surface area contributed by atoms with Crippen LogP contribution in [0.4, 0.5) is 4.39 Å². The molecule has 0 amide bonds. The predicted octanol–water partition coefficient (Wildman–Crippen LogP) is 6.78. The zero-order valence-corrected chi connectivity index (χ0v) is 19.2. The van der Waals surface area contributed by atoms with Gasteiger partial charge in [0.15, 0.2) is 11.5 Å². The molecule has 0 unspecified atom stereocenters. The Balaban J connectivity index is 1.30. The summed E-state index contributed by atoms with van der Waals surface area (Å²) in [5, 5.41) is 4.83. The van der Waals surface area contributed by atoms with Gasteiger partial charge in [0.1, 0.15) is 12.4 Å². The van der Waals surface area contributed by atoms with Crippen LogP contribution in [0, 0.1) is 23.6 Å². The van der Waals surface area contributed by atoms with Crippen molar-refractivity contribution in [2.24, 2.45) is 17.8 Å². The fourth-order valence-corrected chi connectivity index (χ4v) is 6.85. The van der Waals surface area contributed by atoms with E-state index < -0.39 is 5.82 Å². The van der Waals surface area contributed by atoms with Crippen molar-refractivity contribution in [2.75, 3.05) is 7.11 Å². The van der Waals surface area contributed by atoms with E-state index in [4.69, 9.17) is 32.7 Å². The van der Waals surface area contributed by atoms with Gasteiger partial charge in [0.2, 0.25) is 0 Å². The molecule has 166 valence electrons. The Labute approximate surface area is 193 Å². The van der Waals surface area contributed by atoms with Gasteiger partial charge < -0.3 is 14.8 Å². The van der Waals surface area contributed by atoms with Crippen molar-refractivity contribution >= 4 is 23.2 Å². The maximum Gasteiger partial charge on any atom is 0.163 e. The Bertz CT molecular complexity index is 925. The third-order valence-corrected chi connectivity index (χ3v) is 8.16. The lowest BCUT2D eigenvalue weighted by Gasteiger charge is -2.57. The van der Waals surface area contributed by atoms with Crippen molar-refractivity contribution in [3.63, 3.8) is 0 Å². The molecular weight excluding hydrogens is 436 g/mol. The molecule has 6 heteroatoms. The Morgan fingerprint density at radius 1 is 1.00 bits per heavy atom. The van der Waals surface area contributed by atoms with Crippen molar-refractivity contribution in [1.82, 2.24) is 5.32 Å². The Hall–Kier alpha value is -1.49. The van der Waals surface area contributed by atoms with E-state index in [2.05, 4.69) is 5.32 Å². The number of ether oxygens (including phenoxy) is 2. The molecule has 0 atom stereocenters. The van der Waals surface area contributed by atoms with Gasteiger partial charge >= 0.3 is 0 Å². The highest BCUT2D eigenvalue weighted by molar-refractivity contribution is 6.31. The first-order valence-electron chi connectivity index (χ1n) is 11.1. The molecule has 0 heterocycles. The van der Waals surface area contributed by atoms with Crippen molar-refractivity contribution in [3.8, 4) is 11.5 Å². The number of halogens is 3. The monoisotopic (exact) mass is 463 g/mol. The average Bonchev–Trinajstić information content (AvgIpc) is 2.72. The number of methoxy groups -OCH3 is 1. The minimum atomic E-state index is -0.394. The minimum absolute atomic E-state index is 0.00304. The summed E-state index contributed by atoms with van der Waals surface area (Å²) in [6.45, 7) is 0.712. The highest BCUT2D eigenvalue weighted by Gasteiger charge is 2.50. The van der Waals surface area contributed by atoms with E-state index in [1.165, 1.54) is 44.6 Å². The second-order valence-electron chi connectivity index (χ2n) is 9.63. The SMILES string of the molecule is COc1cc(CNC23CC4CC(CC(C4)C2)C3)c(Cl)cc1OCc1c(F)cccc1Cl. The Morgan fingerprint density at radius 3 is 2.29 bits per heavy atom. The molecule has 2 aromatic carbocycles. The van der Waals surface area contributed by atoms with Crippen LogP contribution in [-0.4, -0.2) is 12.6 Å². The van der Waals surface area contributed by atoms with Crippen LogP contribution in [0.2, 0.25) is 10.0 Å². The maximum atomic E-state index is 14.1. The molecular formula is C25H28Cl2FNO2. The van der Waals surface area contributed by atoms with Gasteiger partial charge in [-0.15, -0.1) is 0 Å². The first-order chi connectivity index (χ1) is 14.9. The van der Waals surface area contributed by atoms with Gasteiger partial charge in [-0.3, -0.25) is 0 Å². The van der Waals surface area contributed by atoms with Crippen molar-refractivity contribution in [1.29, 1.82) is 0 Å². The molecule has 0 aliphatic heterocycles. The van der Waals surface area contributed by atoms with Gasteiger partial charge in [0.05, 0.1) is 12.1 Å². The van der Waals surface area contributed by atoms with Gasteiger partial charge in [-0.05, 0) is 80.0 Å². The lowest BCUT2D eigenvalue weighted by molar-refractivity contribution is -0.0206. The minimum Gasteiger partial charge on any atom is -0.493 e. The number of benzene rings is 2. The molecule has 2 aromatic rings. The van der Waals surface area contributed by atoms with Gasteiger partial charge in [-0.1, -0.05) is 29.3 Å². The lowest BCUT2D eigenvalue weighted by Crippen LogP contribution is -2.58. The zero-order valence-electron chi connectivity index (χ0n) is 17.7. The third-order valence-electron chi connectivity index (χ3n) is 7.46. The molecule has 4 fully saturated rings. The summed E-state index contributed by atoms with van der Waals surface area (Å²) < 4.78 is 25.4. The average molecular weight is 464 g/mol. The van der Waals surface area contributed by atoms with E-state index in [0.717, 1.165) is 23.3 Å². The molecule has 3 nitrogen and oxygen atoms in total. The summed E-state index contributed by atoms with van der Waals surface area (Å²) >= 11 is 12.7. The second-order valence-corrected chi connectivity index (χ2v) is 10.4. The van der Waals surface area contributed by atoms with E-state index in [1.807, 2.05) is 6.07 Å². The van der Waals surface area contributed by atoms with Crippen molar-refractivity contribution < 1.29 is 13.9 Å². The molecule has 4 aliphatic rings. The second kappa shape index (κ2) is 8.46. The molecule has 4 bridgehead atoms. The predicted molar refractivity (Wildman–Crippen MR) is 121 cm³/mol. The molecule has 0 spiro atoms. The van der Waals surface area contributed by atoms with Crippen LogP contribution in [0.25, 0.3) is 0 Å². The summed E-state index contributed by atoms with van der Waals surface area (Å²) in [5.74, 6) is 3.35. The molecule has 4 saturated carbocycles. The molecule has 0 aromatic heterocycles. The van der Waals surface area contributed by atoms with Gasteiger partial charge in [-0.2, -0.15) is 0 Å². The summed E-state index contributed by atoms with van der Waals surface area (Å²) in [5.41, 5.74) is 1.57. The first kappa shape index (κ1) is 21.4. The number of hydrogen-bond acceptors (Lipinski definition) is 3. The summed E-state index contributed by atoms with van der Waals surface area (Å²) in [6.07, 6.45) is 8.14. The topological polar surface area (TPSA) is 30.5 Å². The summed E-state index contributed by atoms with van der Waals surface area (Å²) in [4.78, 5) is 0. The van der Waals surface area contributed by atoms with E-state index in [-0.39, 0.29) is 12.1 Å². The molecule has 4 aliphatic carbocycles. The van der Waals surface area contributed by atoms with E-state index in [0.29, 0.717) is 33.7 Å². The Kier molecular flexibility index (Phi) is 5.83. The smallest absolute Gasteiger partial charge is 0.163 e. The van der Waals surface area contributed by atoms with Crippen LogP contribution in [0.1, 0.15) is 49.7 Å². The molecule has 0 saturated heterocycles. The van der Waals surface area contributed by atoms with E-state index in [1.54, 1.807) is 25.3 Å².